The summed E-state index contributed by atoms with van der Waals surface area (Å²) < 4.78 is 0. The van der Waals surface area contributed by atoms with Crippen LogP contribution in [0.1, 0.15) is 43.2 Å². The van der Waals surface area contributed by atoms with Crippen LogP contribution in [0.4, 0.5) is 5.69 Å². The lowest BCUT2D eigenvalue weighted by atomic mass is 9.88. The number of benzodiazepines with no additional fused rings is 1. The number of nitrogens with zero attached hydrogens (tertiary/aromatic N) is 1. The summed E-state index contributed by atoms with van der Waals surface area (Å²) in [5, 5.41) is 5.79. The van der Waals surface area contributed by atoms with Crippen LogP contribution in [-0.2, 0) is 9.59 Å². The van der Waals surface area contributed by atoms with Crippen LogP contribution < -0.4 is 10.6 Å². The van der Waals surface area contributed by atoms with E-state index < -0.39 is 6.17 Å². The highest BCUT2D eigenvalue weighted by Gasteiger charge is 2.29. The molecule has 1 fully saturated rings. The van der Waals surface area contributed by atoms with Gasteiger partial charge < -0.3 is 10.6 Å². The van der Waals surface area contributed by atoms with E-state index in [-0.39, 0.29) is 17.7 Å². The summed E-state index contributed by atoms with van der Waals surface area (Å²) in [5.74, 6) is -0.401. The van der Waals surface area contributed by atoms with Crippen LogP contribution in [-0.4, -0.2) is 23.7 Å². The Morgan fingerprint density at radius 1 is 0.963 bits per heavy atom. The van der Waals surface area contributed by atoms with Gasteiger partial charge in [-0.05, 0) is 18.9 Å². The summed E-state index contributed by atoms with van der Waals surface area (Å²) in [7, 11) is 0. The molecule has 1 saturated carbocycles. The normalized spacial score (nSPS) is 20.1. The lowest BCUT2D eigenvalue weighted by molar-refractivity contribution is -0.129. The zero-order chi connectivity index (χ0) is 18.6. The van der Waals surface area contributed by atoms with E-state index in [4.69, 9.17) is 0 Å². The van der Waals surface area contributed by atoms with E-state index in [2.05, 4.69) is 15.6 Å². The summed E-state index contributed by atoms with van der Waals surface area (Å²) in [5.41, 5.74) is 3.18. The van der Waals surface area contributed by atoms with E-state index in [9.17, 15) is 9.59 Å². The minimum absolute atomic E-state index is 0.0208. The van der Waals surface area contributed by atoms with Crippen molar-refractivity contribution >= 4 is 23.2 Å². The molecule has 5 nitrogen and oxygen atoms in total. The van der Waals surface area contributed by atoms with Gasteiger partial charge in [0.05, 0.1) is 11.4 Å². The van der Waals surface area contributed by atoms with Crippen molar-refractivity contribution in [2.45, 2.75) is 38.3 Å². The van der Waals surface area contributed by atoms with E-state index in [1.54, 1.807) is 0 Å². The van der Waals surface area contributed by atoms with Crippen molar-refractivity contribution in [2.75, 3.05) is 5.32 Å². The lowest BCUT2D eigenvalue weighted by Gasteiger charge is -2.22. The quantitative estimate of drug-likeness (QED) is 0.878. The minimum atomic E-state index is -0.929. The van der Waals surface area contributed by atoms with Crippen molar-refractivity contribution in [3.8, 4) is 0 Å². The Morgan fingerprint density at radius 2 is 1.67 bits per heavy atom. The van der Waals surface area contributed by atoms with Crippen LogP contribution in [0.3, 0.4) is 0 Å². The molecule has 0 unspecified atom stereocenters. The Balaban J connectivity index is 1.68. The lowest BCUT2D eigenvalue weighted by Crippen LogP contribution is -2.45. The largest absolute Gasteiger partial charge is 0.326 e. The Bertz CT molecular complexity index is 870. The Kier molecular flexibility index (Phi) is 5.01. The van der Waals surface area contributed by atoms with Gasteiger partial charge in [-0.1, -0.05) is 67.8 Å². The number of carbonyl (C=O) groups is 2. The monoisotopic (exact) mass is 361 g/mol. The number of aliphatic imine (C=N–C) groups is 1. The molecule has 5 heteroatoms. The van der Waals surface area contributed by atoms with Crippen molar-refractivity contribution in [3.63, 3.8) is 0 Å². The van der Waals surface area contributed by atoms with E-state index in [1.807, 2.05) is 54.6 Å². The van der Waals surface area contributed by atoms with Gasteiger partial charge in [0.15, 0.2) is 0 Å². The predicted molar refractivity (Wildman–Crippen MR) is 106 cm³/mol. The third-order valence-electron chi connectivity index (χ3n) is 5.25. The molecule has 0 saturated heterocycles. The van der Waals surface area contributed by atoms with Crippen molar-refractivity contribution in [2.24, 2.45) is 10.9 Å². The van der Waals surface area contributed by atoms with Crippen LogP contribution in [0.5, 0.6) is 0 Å². The van der Waals surface area contributed by atoms with Crippen molar-refractivity contribution in [3.05, 3.63) is 65.7 Å². The maximum absolute atomic E-state index is 12.7. The van der Waals surface area contributed by atoms with Gasteiger partial charge in [-0.3, -0.25) is 9.59 Å². The fraction of sp³-hybridized carbons (Fsp3) is 0.318. The zero-order valence-electron chi connectivity index (χ0n) is 15.2. The Hall–Kier alpha value is -2.95. The second-order valence-electron chi connectivity index (χ2n) is 7.12. The van der Waals surface area contributed by atoms with E-state index >= 15 is 0 Å². The van der Waals surface area contributed by atoms with E-state index in [1.165, 1.54) is 6.42 Å². The molecule has 2 aromatic rings. The number of carbonyl (C=O) groups excluding carboxylic acids is 2. The number of anilines is 1. The Labute approximate surface area is 158 Å². The number of benzene rings is 2. The average molecular weight is 361 g/mol. The first kappa shape index (κ1) is 17.5. The summed E-state index contributed by atoms with van der Waals surface area (Å²) >= 11 is 0. The second kappa shape index (κ2) is 7.74. The number of rotatable bonds is 3. The molecule has 4 rings (SSSR count). The van der Waals surface area contributed by atoms with Crippen molar-refractivity contribution in [1.29, 1.82) is 0 Å². The highest BCUT2D eigenvalue weighted by Crippen LogP contribution is 2.26. The molecule has 27 heavy (non-hydrogen) atoms. The molecule has 0 bridgehead atoms. The molecule has 0 radical (unpaired) electrons. The molecule has 2 N–H and O–H groups in total. The SMILES string of the molecule is O=C(N[C@H]1N=C(c2ccccc2)c2ccccc2NC1=O)C1CCCCC1. The van der Waals surface area contributed by atoms with Crippen LogP contribution in [0.25, 0.3) is 0 Å². The maximum atomic E-state index is 12.7. The van der Waals surface area contributed by atoms with Crippen LogP contribution >= 0.6 is 0 Å². The molecule has 138 valence electrons. The summed E-state index contributed by atoms with van der Waals surface area (Å²) in [6.07, 6.45) is 4.16. The highest BCUT2D eigenvalue weighted by atomic mass is 16.2. The van der Waals surface area contributed by atoms with Crippen LogP contribution in [0, 0.1) is 5.92 Å². The van der Waals surface area contributed by atoms with E-state index in [0.29, 0.717) is 11.4 Å². The summed E-state index contributed by atoms with van der Waals surface area (Å²) in [6.45, 7) is 0. The van der Waals surface area contributed by atoms with Gasteiger partial charge in [-0.15, -0.1) is 0 Å². The summed E-state index contributed by atoms with van der Waals surface area (Å²) in [4.78, 5) is 30.1. The van der Waals surface area contributed by atoms with Gasteiger partial charge in [-0.2, -0.15) is 0 Å². The van der Waals surface area contributed by atoms with Gasteiger partial charge in [0, 0.05) is 17.0 Å². The average Bonchev–Trinajstić information content (AvgIpc) is 2.86. The smallest absolute Gasteiger partial charge is 0.269 e. The number of amides is 2. The predicted octanol–water partition coefficient (Wildman–Crippen LogP) is 3.50. The fourth-order valence-corrected chi connectivity index (χ4v) is 3.80. The zero-order valence-corrected chi connectivity index (χ0v) is 15.2. The first-order valence-electron chi connectivity index (χ1n) is 9.56. The molecule has 1 atom stereocenters. The van der Waals surface area contributed by atoms with Gasteiger partial charge in [0.1, 0.15) is 0 Å². The molecule has 1 heterocycles. The van der Waals surface area contributed by atoms with Crippen LogP contribution in [0.15, 0.2) is 59.6 Å². The number of para-hydroxylation sites is 1. The van der Waals surface area contributed by atoms with Gasteiger partial charge in [-0.25, -0.2) is 4.99 Å². The van der Waals surface area contributed by atoms with Gasteiger partial charge in [0.25, 0.3) is 5.91 Å². The number of nitrogens with one attached hydrogen (secondary N) is 2. The fourth-order valence-electron chi connectivity index (χ4n) is 3.80. The number of fused-ring (bicyclic) bond motifs is 1. The molecular formula is C22H23N3O2. The van der Waals surface area contributed by atoms with Crippen molar-refractivity contribution in [1.82, 2.24) is 5.32 Å². The molecule has 0 aromatic heterocycles. The molecule has 2 aliphatic rings. The minimum Gasteiger partial charge on any atom is -0.326 e. The third kappa shape index (κ3) is 3.77. The maximum Gasteiger partial charge on any atom is 0.269 e. The van der Waals surface area contributed by atoms with Gasteiger partial charge >= 0.3 is 0 Å². The first-order valence-corrected chi connectivity index (χ1v) is 9.56. The topological polar surface area (TPSA) is 70.6 Å². The molecule has 2 aromatic carbocycles. The van der Waals surface area contributed by atoms with Crippen molar-refractivity contribution < 1.29 is 9.59 Å². The van der Waals surface area contributed by atoms with Gasteiger partial charge in [0.2, 0.25) is 12.1 Å². The number of hydrogen-bond donors (Lipinski definition) is 2. The Morgan fingerprint density at radius 3 is 2.44 bits per heavy atom. The van der Waals surface area contributed by atoms with E-state index in [0.717, 1.165) is 36.8 Å². The summed E-state index contributed by atoms with van der Waals surface area (Å²) in [6, 6.07) is 17.3. The molecule has 2 amide bonds. The number of hydrogen-bond acceptors (Lipinski definition) is 3. The molecular weight excluding hydrogens is 338 g/mol. The third-order valence-corrected chi connectivity index (χ3v) is 5.25. The standard InChI is InChI=1S/C22H23N3O2/c26-21(16-11-5-2-6-12-16)25-20-22(27)23-18-14-8-7-13-17(18)19(24-20)15-9-3-1-4-10-15/h1,3-4,7-10,13-14,16,20H,2,5-6,11-12H2,(H,23,27)(H,25,26)/t20-/m1/s1. The molecule has 1 aliphatic carbocycles. The molecule has 0 spiro atoms. The first-order chi connectivity index (χ1) is 13.2. The second-order valence-corrected chi connectivity index (χ2v) is 7.12. The van der Waals surface area contributed by atoms with Crippen LogP contribution in [0.2, 0.25) is 0 Å². The highest BCUT2D eigenvalue weighted by molar-refractivity contribution is 6.19. The molecule has 1 aliphatic heterocycles.